The minimum atomic E-state index is -0.609. The number of nitrogens with zero attached hydrogens (tertiary/aromatic N) is 4. The van der Waals surface area contributed by atoms with Crippen molar-refractivity contribution in [3.8, 4) is 0 Å². The Morgan fingerprint density at radius 1 is 1.18 bits per heavy atom. The normalized spacial score (nSPS) is 18.5. The van der Waals surface area contributed by atoms with E-state index in [0.717, 1.165) is 16.9 Å². The van der Waals surface area contributed by atoms with Crippen molar-refractivity contribution in [2.24, 2.45) is 0 Å². The summed E-state index contributed by atoms with van der Waals surface area (Å²) in [4.78, 5) is 35.2. The molecule has 1 aromatic heterocycles. The number of hydrogen-bond acceptors (Lipinski definition) is 5. The van der Waals surface area contributed by atoms with E-state index in [4.69, 9.17) is 4.74 Å². The lowest BCUT2D eigenvalue weighted by Crippen LogP contribution is -2.49. The van der Waals surface area contributed by atoms with Crippen LogP contribution in [0.15, 0.2) is 30.5 Å². The zero-order valence-electron chi connectivity index (χ0n) is 19.2. The van der Waals surface area contributed by atoms with Gasteiger partial charge in [-0.15, -0.1) is 12.4 Å². The van der Waals surface area contributed by atoms with Gasteiger partial charge in [0.15, 0.2) is 0 Å². The van der Waals surface area contributed by atoms with E-state index in [-0.39, 0.29) is 35.8 Å². The van der Waals surface area contributed by atoms with Crippen LogP contribution in [0.4, 0.5) is 15.9 Å². The standard InChI is InChI=1S/C24H29FN4O3.ClH/c1-16-12-17(2)23(26-14-16)27-8-10-28(11-9-27)24(31)20-6-4-18(13-21(20)25)29-19(15-32-3)5-7-22(29)30;/h4,6,12-14,19H,5,7-11,15H2,1-3H3;1H. The molecule has 33 heavy (non-hydrogen) atoms. The van der Waals surface area contributed by atoms with Crippen LogP contribution in [0.2, 0.25) is 0 Å². The molecular formula is C24H30ClFN4O3. The van der Waals surface area contributed by atoms with Crippen molar-refractivity contribution in [3.63, 3.8) is 0 Å². The molecule has 1 unspecified atom stereocenters. The second-order valence-electron chi connectivity index (χ2n) is 8.51. The lowest BCUT2D eigenvalue weighted by atomic mass is 10.1. The molecule has 0 saturated carbocycles. The summed E-state index contributed by atoms with van der Waals surface area (Å²) in [6, 6.07) is 6.41. The third-order valence-corrected chi connectivity index (χ3v) is 6.20. The van der Waals surface area contributed by atoms with Gasteiger partial charge in [-0.05, 0) is 49.6 Å². The van der Waals surface area contributed by atoms with Crippen LogP contribution in [0, 0.1) is 19.7 Å². The number of amides is 2. The average molecular weight is 477 g/mol. The molecule has 1 aromatic carbocycles. The van der Waals surface area contributed by atoms with Crippen molar-refractivity contribution in [2.45, 2.75) is 32.7 Å². The quantitative estimate of drug-likeness (QED) is 0.662. The number of rotatable bonds is 5. The highest BCUT2D eigenvalue weighted by atomic mass is 35.5. The number of ether oxygens (including phenoxy) is 1. The van der Waals surface area contributed by atoms with Gasteiger partial charge in [0.25, 0.3) is 5.91 Å². The molecule has 0 radical (unpaired) electrons. The number of carbonyl (C=O) groups excluding carboxylic acids is 2. The lowest BCUT2D eigenvalue weighted by Gasteiger charge is -2.36. The zero-order chi connectivity index (χ0) is 22.8. The summed E-state index contributed by atoms with van der Waals surface area (Å²) in [6.45, 7) is 6.72. The van der Waals surface area contributed by atoms with E-state index in [1.165, 1.54) is 12.1 Å². The Hall–Kier alpha value is -2.71. The summed E-state index contributed by atoms with van der Waals surface area (Å²) < 4.78 is 20.1. The van der Waals surface area contributed by atoms with Gasteiger partial charge >= 0.3 is 0 Å². The van der Waals surface area contributed by atoms with Crippen molar-refractivity contribution >= 4 is 35.7 Å². The first-order valence-corrected chi connectivity index (χ1v) is 11.0. The number of anilines is 2. The SMILES string of the molecule is COCC1CCC(=O)N1c1ccc(C(=O)N2CCN(c3ncc(C)cc3C)CC2)c(F)c1.Cl. The molecule has 2 saturated heterocycles. The molecular weight excluding hydrogens is 447 g/mol. The number of halogens is 2. The maximum absolute atomic E-state index is 14.9. The van der Waals surface area contributed by atoms with Crippen LogP contribution in [-0.4, -0.2) is 67.6 Å². The van der Waals surface area contributed by atoms with Crippen LogP contribution in [0.1, 0.15) is 34.3 Å². The summed E-state index contributed by atoms with van der Waals surface area (Å²) in [6.07, 6.45) is 2.93. The van der Waals surface area contributed by atoms with E-state index in [2.05, 4.69) is 16.0 Å². The van der Waals surface area contributed by atoms with Gasteiger partial charge in [-0.3, -0.25) is 9.59 Å². The van der Waals surface area contributed by atoms with Crippen molar-refractivity contribution in [1.82, 2.24) is 9.88 Å². The van der Waals surface area contributed by atoms with E-state index in [1.807, 2.05) is 20.0 Å². The lowest BCUT2D eigenvalue weighted by molar-refractivity contribution is -0.117. The van der Waals surface area contributed by atoms with Crippen molar-refractivity contribution < 1.29 is 18.7 Å². The summed E-state index contributed by atoms with van der Waals surface area (Å²) >= 11 is 0. The van der Waals surface area contributed by atoms with Gasteiger partial charge in [-0.1, -0.05) is 6.07 Å². The van der Waals surface area contributed by atoms with Crippen LogP contribution >= 0.6 is 12.4 Å². The Morgan fingerprint density at radius 3 is 2.55 bits per heavy atom. The second kappa shape index (κ2) is 10.5. The van der Waals surface area contributed by atoms with Crippen LogP contribution < -0.4 is 9.80 Å². The molecule has 178 valence electrons. The molecule has 3 heterocycles. The highest BCUT2D eigenvalue weighted by Gasteiger charge is 2.33. The second-order valence-corrected chi connectivity index (χ2v) is 8.51. The minimum Gasteiger partial charge on any atom is -0.383 e. The number of methoxy groups -OCH3 is 1. The largest absolute Gasteiger partial charge is 0.383 e. The fourth-order valence-corrected chi connectivity index (χ4v) is 4.61. The Balaban J connectivity index is 0.00000306. The third-order valence-electron chi connectivity index (χ3n) is 6.20. The molecule has 9 heteroatoms. The molecule has 0 aliphatic carbocycles. The Labute approximate surface area is 199 Å². The fourth-order valence-electron chi connectivity index (χ4n) is 4.61. The van der Waals surface area contributed by atoms with Crippen molar-refractivity contribution in [2.75, 3.05) is 49.7 Å². The highest BCUT2D eigenvalue weighted by molar-refractivity contribution is 5.98. The monoisotopic (exact) mass is 476 g/mol. The number of piperazine rings is 1. The number of hydrogen-bond donors (Lipinski definition) is 0. The van der Waals surface area contributed by atoms with Gasteiger partial charge in [-0.25, -0.2) is 9.37 Å². The summed E-state index contributed by atoms with van der Waals surface area (Å²) in [5, 5.41) is 0. The van der Waals surface area contributed by atoms with Gasteiger partial charge in [0.05, 0.1) is 18.2 Å². The number of aryl methyl sites for hydroxylation is 2. The molecule has 2 amide bonds. The van der Waals surface area contributed by atoms with E-state index >= 15 is 0 Å². The molecule has 2 aliphatic heterocycles. The first kappa shape index (κ1) is 24.9. The maximum atomic E-state index is 14.9. The molecule has 2 fully saturated rings. The topological polar surface area (TPSA) is 66.0 Å². The maximum Gasteiger partial charge on any atom is 0.256 e. The van der Waals surface area contributed by atoms with Crippen molar-refractivity contribution in [3.05, 3.63) is 53.0 Å². The van der Waals surface area contributed by atoms with E-state index in [9.17, 15) is 14.0 Å². The van der Waals surface area contributed by atoms with Crippen LogP contribution in [0.5, 0.6) is 0 Å². The van der Waals surface area contributed by atoms with E-state index < -0.39 is 5.82 Å². The molecule has 0 spiro atoms. The number of carbonyl (C=O) groups is 2. The first-order valence-electron chi connectivity index (χ1n) is 11.0. The van der Waals surface area contributed by atoms with Crippen LogP contribution in [-0.2, 0) is 9.53 Å². The van der Waals surface area contributed by atoms with Crippen LogP contribution in [0.3, 0.4) is 0 Å². The zero-order valence-corrected chi connectivity index (χ0v) is 20.0. The van der Waals surface area contributed by atoms with Gasteiger partial charge in [0.2, 0.25) is 5.91 Å². The number of aromatic nitrogens is 1. The van der Waals surface area contributed by atoms with Gasteiger partial charge < -0.3 is 19.4 Å². The smallest absolute Gasteiger partial charge is 0.256 e. The molecule has 0 N–H and O–H groups in total. The Morgan fingerprint density at radius 2 is 1.91 bits per heavy atom. The molecule has 0 bridgehead atoms. The predicted molar refractivity (Wildman–Crippen MR) is 128 cm³/mol. The van der Waals surface area contributed by atoms with E-state index in [1.54, 1.807) is 23.0 Å². The molecule has 1 atom stereocenters. The summed E-state index contributed by atoms with van der Waals surface area (Å²) in [5.74, 6) is -0.0638. The van der Waals surface area contributed by atoms with E-state index in [0.29, 0.717) is 51.3 Å². The molecule has 4 rings (SSSR count). The first-order chi connectivity index (χ1) is 15.4. The number of benzene rings is 1. The molecule has 2 aromatic rings. The van der Waals surface area contributed by atoms with Crippen molar-refractivity contribution in [1.29, 1.82) is 0 Å². The minimum absolute atomic E-state index is 0. The molecule has 7 nitrogen and oxygen atoms in total. The van der Waals surface area contributed by atoms with Crippen LogP contribution in [0.25, 0.3) is 0 Å². The van der Waals surface area contributed by atoms with Gasteiger partial charge in [0, 0.05) is 51.6 Å². The number of pyridine rings is 1. The predicted octanol–water partition coefficient (Wildman–Crippen LogP) is 3.36. The van der Waals surface area contributed by atoms with Gasteiger partial charge in [0.1, 0.15) is 11.6 Å². The summed E-state index contributed by atoms with van der Waals surface area (Å²) in [7, 11) is 1.58. The third kappa shape index (κ3) is 5.12. The Bertz CT molecular complexity index is 1030. The highest BCUT2D eigenvalue weighted by Crippen LogP contribution is 2.29. The Kier molecular flexibility index (Phi) is 7.92. The fraction of sp³-hybridized carbons (Fsp3) is 0.458. The van der Waals surface area contributed by atoms with Gasteiger partial charge in [-0.2, -0.15) is 0 Å². The summed E-state index contributed by atoms with van der Waals surface area (Å²) in [5.41, 5.74) is 2.72. The molecule has 2 aliphatic rings. The average Bonchev–Trinajstić information content (AvgIpc) is 3.14.